The molecule has 0 N–H and O–H groups in total. The molecule has 3 rings (SSSR count). The van der Waals surface area contributed by atoms with Gasteiger partial charge in [0, 0.05) is 5.41 Å². The summed E-state index contributed by atoms with van der Waals surface area (Å²) in [5, 5.41) is 0. The lowest BCUT2D eigenvalue weighted by Gasteiger charge is -2.62. The molecule has 1 aliphatic rings. The zero-order valence-electron chi connectivity index (χ0n) is 18.5. The first kappa shape index (κ1) is 19.4. The summed E-state index contributed by atoms with van der Waals surface area (Å²) in [6.07, 6.45) is 0.132. The Balaban J connectivity index is 2.29. The van der Waals surface area contributed by atoms with Crippen LogP contribution in [0.5, 0.6) is 0 Å². The quantitative estimate of drug-likeness (QED) is 0.602. The second-order valence-electron chi connectivity index (χ2n) is 10.0. The molecule has 3 nitrogen and oxygen atoms in total. The number of aryl methyl sites for hydroxylation is 3. The summed E-state index contributed by atoms with van der Waals surface area (Å²) in [6, 6.07) is 2.29. The van der Waals surface area contributed by atoms with E-state index in [1.54, 1.807) is 0 Å². The normalized spacial score (nSPS) is 27.0. The molecule has 144 valence electrons. The monoisotopic (exact) mass is 356 g/mol. The van der Waals surface area contributed by atoms with Crippen LogP contribution in [0.25, 0.3) is 11.0 Å². The Morgan fingerprint density at radius 2 is 1.50 bits per heavy atom. The maximum Gasteiger partial charge on any atom is 0.141 e. The van der Waals surface area contributed by atoms with Crippen molar-refractivity contribution in [3.05, 3.63) is 28.6 Å². The average molecular weight is 357 g/mol. The summed E-state index contributed by atoms with van der Waals surface area (Å²) in [4.78, 5) is 4.95. The van der Waals surface area contributed by atoms with Crippen molar-refractivity contribution in [1.29, 1.82) is 0 Å². The Hall–Kier alpha value is -1.35. The largest absolute Gasteiger partial charge is 0.354 e. The first-order valence-corrected chi connectivity index (χ1v) is 9.86. The topological polar surface area (TPSA) is 27.1 Å². The van der Waals surface area contributed by atoms with Crippen molar-refractivity contribution in [3.63, 3.8) is 0 Å². The van der Waals surface area contributed by atoms with Crippen molar-refractivity contribution >= 4 is 11.0 Å². The highest BCUT2D eigenvalue weighted by atomic mass is 16.5. The summed E-state index contributed by atoms with van der Waals surface area (Å²) in [5.41, 5.74) is 6.37. The molecule has 1 aromatic carbocycles. The van der Waals surface area contributed by atoms with Gasteiger partial charge in [-0.3, -0.25) is 0 Å². The molecule has 0 amide bonds. The predicted octanol–water partition coefficient (Wildman–Crippen LogP) is 6.27. The maximum atomic E-state index is 6.72. The third-order valence-corrected chi connectivity index (χ3v) is 8.41. The molecule has 0 aliphatic carbocycles. The Kier molecular flexibility index (Phi) is 4.16. The van der Waals surface area contributed by atoms with Crippen LogP contribution in [0.15, 0.2) is 6.07 Å². The van der Waals surface area contributed by atoms with Gasteiger partial charge < -0.3 is 9.30 Å². The zero-order chi connectivity index (χ0) is 19.8. The van der Waals surface area contributed by atoms with Gasteiger partial charge in [-0.25, -0.2) is 4.98 Å². The fraction of sp³-hybridized carbons (Fsp3) is 0.696. The average Bonchev–Trinajstić information content (AvgIpc) is 2.84. The SMILES string of the molecule is Cc1cc2c(nc(C)n2[C@@H]2OC(C)C(C)(C)C(C)(C)C2(C)C)c(C)c1C. The molecule has 26 heavy (non-hydrogen) atoms. The number of aromatic nitrogens is 2. The minimum absolute atomic E-state index is 0.0352. The van der Waals surface area contributed by atoms with Crippen molar-refractivity contribution in [3.8, 4) is 0 Å². The first-order valence-electron chi connectivity index (χ1n) is 9.86. The van der Waals surface area contributed by atoms with Crippen LogP contribution in [0.4, 0.5) is 0 Å². The van der Waals surface area contributed by atoms with Crippen LogP contribution in [0.1, 0.15) is 77.2 Å². The number of ether oxygens (including phenoxy) is 1. The molecule has 0 radical (unpaired) electrons. The lowest BCUT2D eigenvalue weighted by Crippen LogP contribution is -2.59. The number of fused-ring (bicyclic) bond motifs is 1. The Labute approximate surface area is 159 Å². The number of hydrogen-bond donors (Lipinski definition) is 0. The van der Waals surface area contributed by atoms with Crippen molar-refractivity contribution < 1.29 is 4.74 Å². The predicted molar refractivity (Wildman–Crippen MR) is 110 cm³/mol. The lowest BCUT2D eigenvalue weighted by atomic mass is 9.51. The van der Waals surface area contributed by atoms with Crippen LogP contribution < -0.4 is 0 Å². The fourth-order valence-corrected chi connectivity index (χ4v) is 4.62. The van der Waals surface area contributed by atoms with Gasteiger partial charge in [0.2, 0.25) is 0 Å². The van der Waals surface area contributed by atoms with E-state index in [-0.39, 0.29) is 28.6 Å². The van der Waals surface area contributed by atoms with Crippen molar-refractivity contribution in [2.75, 3.05) is 0 Å². The molecule has 2 heterocycles. The number of nitrogens with zero attached hydrogens (tertiary/aromatic N) is 2. The highest BCUT2D eigenvalue weighted by Crippen LogP contribution is 2.62. The van der Waals surface area contributed by atoms with Gasteiger partial charge in [-0.2, -0.15) is 0 Å². The summed E-state index contributed by atoms with van der Waals surface area (Å²) in [6.45, 7) is 25.1. The lowest BCUT2D eigenvalue weighted by molar-refractivity contribution is -0.269. The molecule has 2 aromatic rings. The Morgan fingerprint density at radius 3 is 2.08 bits per heavy atom. The van der Waals surface area contributed by atoms with E-state index < -0.39 is 0 Å². The van der Waals surface area contributed by atoms with Gasteiger partial charge in [0.05, 0.1) is 17.1 Å². The summed E-state index contributed by atoms with van der Waals surface area (Å²) in [5.74, 6) is 1.04. The molecule has 1 aliphatic heterocycles. The number of imidazole rings is 1. The number of benzene rings is 1. The van der Waals surface area contributed by atoms with Crippen molar-refractivity contribution in [1.82, 2.24) is 9.55 Å². The van der Waals surface area contributed by atoms with Crippen LogP contribution in [0.3, 0.4) is 0 Å². The van der Waals surface area contributed by atoms with E-state index in [0.29, 0.717) is 0 Å². The molecule has 2 atom stereocenters. The van der Waals surface area contributed by atoms with Crippen LogP contribution in [-0.4, -0.2) is 15.7 Å². The highest BCUT2D eigenvalue weighted by Gasteiger charge is 2.59. The van der Waals surface area contributed by atoms with E-state index in [0.717, 1.165) is 11.3 Å². The fourth-order valence-electron chi connectivity index (χ4n) is 4.62. The maximum absolute atomic E-state index is 6.72. The molecule has 3 heteroatoms. The molecule has 0 spiro atoms. The molecule has 1 aromatic heterocycles. The van der Waals surface area contributed by atoms with Gasteiger partial charge in [-0.05, 0) is 68.2 Å². The minimum Gasteiger partial charge on any atom is -0.354 e. The third-order valence-electron chi connectivity index (χ3n) is 8.41. The van der Waals surface area contributed by atoms with Crippen molar-refractivity contribution in [2.45, 2.75) is 88.5 Å². The van der Waals surface area contributed by atoms with Crippen LogP contribution in [0.2, 0.25) is 0 Å². The van der Waals surface area contributed by atoms with Gasteiger partial charge in [-0.1, -0.05) is 41.5 Å². The van der Waals surface area contributed by atoms with Gasteiger partial charge in [0.25, 0.3) is 0 Å². The van der Waals surface area contributed by atoms with Gasteiger partial charge in [0.15, 0.2) is 0 Å². The molecular formula is C23H36N2O. The van der Waals surface area contributed by atoms with Crippen LogP contribution >= 0.6 is 0 Å². The van der Waals surface area contributed by atoms with Gasteiger partial charge in [-0.15, -0.1) is 0 Å². The number of rotatable bonds is 1. The van der Waals surface area contributed by atoms with Crippen molar-refractivity contribution in [2.24, 2.45) is 16.2 Å². The summed E-state index contributed by atoms with van der Waals surface area (Å²) in [7, 11) is 0. The molecule has 0 bridgehead atoms. The van der Waals surface area contributed by atoms with E-state index in [1.807, 2.05) is 0 Å². The second-order valence-corrected chi connectivity index (χ2v) is 10.0. The van der Waals surface area contributed by atoms with E-state index >= 15 is 0 Å². The molecule has 1 unspecified atom stereocenters. The summed E-state index contributed by atoms with van der Waals surface area (Å²) < 4.78 is 9.07. The summed E-state index contributed by atoms with van der Waals surface area (Å²) >= 11 is 0. The first-order chi connectivity index (χ1) is 11.7. The van der Waals surface area contributed by atoms with E-state index in [2.05, 4.69) is 86.8 Å². The van der Waals surface area contributed by atoms with E-state index in [9.17, 15) is 0 Å². The highest BCUT2D eigenvalue weighted by molar-refractivity contribution is 5.82. The van der Waals surface area contributed by atoms with E-state index in [1.165, 1.54) is 22.2 Å². The second kappa shape index (κ2) is 5.58. The standard InChI is InChI=1S/C23H36N2O/c1-13-12-18-19(15(3)14(13)2)24-17(5)25(18)20-22(8,9)23(10,11)21(6,7)16(4)26-20/h12,16,20H,1-11H3/t16?,20-/m1/s1. The zero-order valence-corrected chi connectivity index (χ0v) is 18.5. The van der Waals surface area contributed by atoms with E-state index in [4.69, 9.17) is 9.72 Å². The molecule has 1 fully saturated rings. The van der Waals surface area contributed by atoms with Gasteiger partial charge >= 0.3 is 0 Å². The molecular weight excluding hydrogens is 320 g/mol. The Bertz CT molecular complexity index is 870. The Morgan fingerprint density at radius 1 is 0.923 bits per heavy atom. The number of hydrogen-bond acceptors (Lipinski definition) is 2. The smallest absolute Gasteiger partial charge is 0.141 e. The van der Waals surface area contributed by atoms with Crippen LogP contribution in [0, 0.1) is 43.9 Å². The third kappa shape index (κ3) is 2.25. The van der Waals surface area contributed by atoms with Crippen LogP contribution in [-0.2, 0) is 4.74 Å². The minimum atomic E-state index is -0.0475. The molecule has 0 saturated carbocycles. The molecule has 1 saturated heterocycles. The van der Waals surface area contributed by atoms with Gasteiger partial charge in [0.1, 0.15) is 12.1 Å².